The second-order valence-electron chi connectivity index (χ2n) is 7.35. The molecule has 2 aromatic carbocycles. The van der Waals surface area contributed by atoms with Crippen molar-refractivity contribution < 1.29 is 27.4 Å². The molecule has 1 amide bonds. The molecule has 2 aliphatic rings. The molecule has 1 N–H and O–H groups in total. The van der Waals surface area contributed by atoms with E-state index in [1.54, 1.807) is 18.2 Å². The number of benzene rings is 2. The van der Waals surface area contributed by atoms with Crippen LogP contribution in [0.1, 0.15) is 12.8 Å². The summed E-state index contributed by atoms with van der Waals surface area (Å²) in [6.45, 7) is 1.39. The Morgan fingerprint density at radius 2 is 1.94 bits per heavy atom. The first-order chi connectivity index (χ1) is 14.9. The number of halogens is 1. The maximum atomic E-state index is 13.1. The Kier molecular flexibility index (Phi) is 6.27. The van der Waals surface area contributed by atoms with E-state index in [0.29, 0.717) is 55.5 Å². The number of ether oxygens (including phenoxy) is 3. The third-order valence-corrected chi connectivity index (χ3v) is 7.48. The van der Waals surface area contributed by atoms with Crippen molar-refractivity contribution in [1.29, 1.82) is 0 Å². The quantitative estimate of drug-likeness (QED) is 0.727. The highest BCUT2D eigenvalue weighted by molar-refractivity contribution is 7.89. The molecule has 1 fully saturated rings. The first-order valence-electron chi connectivity index (χ1n) is 9.92. The Morgan fingerprint density at radius 1 is 1.16 bits per heavy atom. The van der Waals surface area contributed by atoms with Gasteiger partial charge in [0, 0.05) is 24.8 Å². The molecule has 166 valence electrons. The smallest absolute Gasteiger partial charge is 0.243 e. The van der Waals surface area contributed by atoms with Gasteiger partial charge in [0.1, 0.15) is 19.0 Å². The van der Waals surface area contributed by atoms with Crippen molar-refractivity contribution in [3.05, 3.63) is 41.4 Å². The fourth-order valence-corrected chi connectivity index (χ4v) is 5.57. The van der Waals surface area contributed by atoms with Gasteiger partial charge in [-0.2, -0.15) is 4.31 Å². The lowest BCUT2D eigenvalue weighted by molar-refractivity contribution is -0.120. The minimum absolute atomic E-state index is 0.0752. The fraction of sp³-hybridized carbons (Fsp3) is 0.381. The van der Waals surface area contributed by atoms with Gasteiger partial charge in [-0.25, -0.2) is 8.42 Å². The molecule has 0 aliphatic carbocycles. The Labute approximate surface area is 186 Å². The number of hydrogen-bond acceptors (Lipinski definition) is 6. The number of methoxy groups -OCH3 is 1. The van der Waals surface area contributed by atoms with E-state index < -0.39 is 15.9 Å². The van der Waals surface area contributed by atoms with Gasteiger partial charge in [0.15, 0.2) is 11.5 Å². The van der Waals surface area contributed by atoms with Crippen LogP contribution in [0.2, 0.25) is 5.02 Å². The predicted octanol–water partition coefficient (Wildman–Crippen LogP) is 3.16. The summed E-state index contributed by atoms with van der Waals surface area (Å²) in [6, 6.07) is 9.54. The maximum Gasteiger partial charge on any atom is 0.243 e. The number of rotatable bonds is 5. The second-order valence-corrected chi connectivity index (χ2v) is 9.69. The Balaban J connectivity index is 1.46. The van der Waals surface area contributed by atoms with Gasteiger partial charge in [0.05, 0.1) is 22.9 Å². The summed E-state index contributed by atoms with van der Waals surface area (Å²) < 4.78 is 43.6. The topological polar surface area (TPSA) is 94.2 Å². The number of fused-ring (bicyclic) bond motifs is 1. The Hall–Kier alpha value is -2.49. The molecule has 1 atom stereocenters. The van der Waals surface area contributed by atoms with Crippen molar-refractivity contribution in [1.82, 2.24) is 4.31 Å². The zero-order chi connectivity index (χ0) is 22.0. The minimum atomic E-state index is -3.78. The highest BCUT2D eigenvalue weighted by Gasteiger charge is 2.33. The Bertz CT molecular complexity index is 1090. The lowest BCUT2D eigenvalue weighted by atomic mass is 9.98. The van der Waals surface area contributed by atoms with Crippen LogP contribution in [-0.4, -0.2) is 52.0 Å². The summed E-state index contributed by atoms with van der Waals surface area (Å²) in [5.41, 5.74) is 0.580. The van der Waals surface area contributed by atoms with Crippen LogP contribution in [0.5, 0.6) is 17.2 Å². The summed E-state index contributed by atoms with van der Waals surface area (Å²) in [7, 11) is -2.32. The van der Waals surface area contributed by atoms with Gasteiger partial charge < -0.3 is 19.5 Å². The van der Waals surface area contributed by atoms with Crippen LogP contribution < -0.4 is 19.5 Å². The van der Waals surface area contributed by atoms with Crippen molar-refractivity contribution in [2.75, 3.05) is 38.7 Å². The Morgan fingerprint density at radius 3 is 2.68 bits per heavy atom. The summed E-state index contributed by atoms with van der Waals surface area (Å²) in [5.74, 6) is 0.913. The van der Waals surface area contributed by atoms with E-state index in [4.69, 9.17) is 25.8 Å². The third-order valence-electron chi connectivity index (χ3n) is 5.33. The van der Waals surface area contributed by atoms with Crippen molar-refractivity contribution in [3.8, 4) is 17.2 Å². The van der Waals surface area contributed by atoms with Crippen LogP contribution in [0.4, 0.5) is 5.69 Å². The molecule has 2 heterocycles. The van der Waals surface area contributed by atoms with Gasteiger partial charge in [0.2, 0.25) is 15.9 Å². The van der Waals surface area contributed by atoms with Crippen LogP contribution >= 0.6 is 11.6 Å². The molecule has 1 saturated heterocycles. The van der Waals surface area contributed by atoms with E-state index in [1.807, 2.05) is 0 Å². The highest BCUT2D eigenvalue weighted by atomic mass is 35.5. The lowest BCUT2D eigenvalue weighted by Gasteiger charge is -2.31. The molecule has 4 rings (SSSR count). The summed E-state index contributed by atoms with van der Waals surface area (Å²) >= 11 is 6.10. The minimum Gasteiger partial charge on any atom is -0.495 e. The number of anilines is 1. The zero-order valence-electron chi connectivity index (χ0n) is 17.0. The molecule has 8 nitrogen and oxygen atoms in total. The lowest BCUT2D eigenvalue weighted by Crippen LogP contribution is -2.43. The molecule has 0 unspecified atom stereocenters. The molecule has 2 aromatic rings. The molecule has 31 heavy (non-hydrogen) atoms. The largest absolute Gasteiger partial charge is 0.495 e. The summed E-state index contributed by atoms with van der Waals surface area (Å²) in [4.78, 5) is 12.9. The third kappa shape index (κ3) is 4.58. The first kappa shape index (κ1) is 21.7. The van der Waals surface area contributed by atoms with E-state index in [9.17, 15) is 13.2 Å². The molecule has 0 aromatic heterocycles. The SMILES string of the molecule is COc1ccc(S(=O)(=O)N2CCC[C@H](C(=O)Nc3ccc4c(c3)OCCO4)C2)cc1Cl. The van der Waals surface area contributed by atoms with Crippen LogP contribution in [-0.2, 0) is 14.8 Å². The predicted molar refractivity (Wildman–Crippen MR) is 116 cm³/mol. The van der Waals surface area contributed by atoms with Gasteiger partial charge in [-0.05, 0) is 43.2 Å². The number of amides is 1. The molecule has 10 heteroatoms. The molecule has 0 spiro atoms. The van der Waals surface area contributed by atoms with E-state index in [-0.39, 0.29) is 22.4 Å². The van der Waals surface area contributed by atoms with Gasteiger partial charge in [-0.3, -0.25) is 4.79 Å². The number of sulfonamides is 1. The number of piperidine rings is 1. The van der Waals surface area contributed by atoms with Crippen LogP contribution in [0.3, 0.4) is 0 Å². The average Bonchev–Trinajstić information content (AvgIpc) is 2.79. The maximum absolute atomic E-state index is 13.1. The molecule has 0 bridgehead atoms. The van der Waals surface area contributed by atoms with Crippen molar-refractivity contribution in [2.24, 2.45) is 5.92 Å². The molecule has 2 aliphatic heterocycles. The first-order valence-corrected chi connectivity index (χ1v) is 11.7. The van der Waals surface area contributed by atoms with E-state index >= 15 is 0 Å². The molecular weight excluding hydrogens is 444 g/mol. The summed E-state index contributed by atoms with van der Waals surface area (Å²) in [6.07, 6.45) is 1.19. The highest BCUT2D eigenvalue weighted by Crippen LogP contribution is 2.33. The van der Waals surface area contributed by atoms with Crippen LogP contribution in [0.15, 0.2) is 41.3 Å². The van der Waals surface area contributed by atoms with Crippen molar-refractivity contribution in [3.63, 3.8) is 0 Å². The van der Waals surface area contributed by atoms with Crippen molar-refractivity contribution in [2.45, 2.75) is 17.7 Å². The van der Waals surface area contributed by atoms with E-state index in [2.05, 4.69) is 5.32 Å². The van der Waals surface area contributed by atoms with Gasteiger partial charge >= 0.3 is 0 Å². The average molecular weight is 467 g/mol. The number of carbonyl (C=O) groups excluding carboxylic acids is 1. The number of nitrogens with one attached hydrogen (secondary N) is 1. The second kappa shape index (κ2) is 8.94. The van der Waals surface area contributed by atoms with Gasteiger partial charge in [-0.15, -0.1) is 0 Å². The van der Waals surface area contributed by atoms with E-state index in [1.165, 1.54) is 29.6 Å². The number of nitrogens with zero attached hydrogens (tertiary/aromatic N) is 1. The zero-order valence-corrected chi connectivity index (χ0v) is 18.5. The molecular formula is C21H23ClN2O6S. The van der Waals surface area contributed by atoms with Crippen LogP contribution in [0.25, 0.3) is 0 Å². The van der Waals surface area contributed by atoms with Crippen molar-refractivity contribution >= 4 is 33.2 Å². The molecule has 0 radical (unpaired) electrons. The van der Waals surface area contributed by atoms with Crippen LogP contribution in [0, 0.1) is 5.92 Å². The molecule has 0 saturated carbocycles. The van der Waals surface area contributed by atoms with E-state index in [0.717, 1.165) is 0 Å². The monoisotopic (exact) mass is 466 g/mol. The standard InChI is InChI=1S/C21H23ClN2O6S/c1-28-18-7-5-16(12-17(18)22)31(26,27)24-8-2-3-14(13-24)21(25)23-15-4-6-19-20(11-15)30-10-9-29-19/h4-7,11-12,14H,2-3,8-10,13H2,1H3,(H,23,25)/t14-/m0/s1. The summed E-state index contributed by atoms with van der Waals surface area (Å²) in [5, 5.41) is 3.08. The normalized spacial score (nSPS) is 19.0. The number of hydrogen-bond donors (Lipinski definition) is 1. The van der Waals surface area contributed by atoms with Gasteiger partial charge in [-0.1, -0.05) is 11.6 Å². The fourth-order valence-electron chi connectivity index (χ4n) is 3.70. The number of carbonyl (C=O) groups is 1. The van der Waals surface area contributed by atoms with Gasteiger partial charge in [0.25, 0.3) is 0 Å².